The van der Waals surface area contributed by atoms with Gasteiger partial charge in [-0.3, -0.25) is 14.4 Å². The van der Waals surface area contributed by atoms with Crippen molar-refractivity contribution in [1.82, 2.24) is 19.8 Å². The summed E-state index contributed by atoms with van der Waals surface area (Å²) in [5.41, 5.74) is 2.98. The van der Waals surface area contributed by atoms with Crippen LogP contribution in [0.3, 0.4) is 0 Å². The highest BCUT2D eigenvalue weighted by molar-refractivity contribution is 6.08. The molecule has 10 heteroatoms. The first-order chi connectivity index (χ1) is 18.5. The number of fused-ring (bicyclic) bond motifs is 1. The number of halogens is 2. The zero-order valence-corrected chi connectivity index (χ0v) is 22.6. The second-order valence-corrected chi connectivity index (χ2v) is 10.8. The Kier molecular flexibility index (Phi) is 6.99. The van der Waals surface area contributed by atoms with Crippen LogP contribution in [0, 0.1) is 25.7 Å². The first kappa shape index (κ1) is 26.9. The number of ether oxygens (including phenoxy) is 1. The number of methoxy groups -OCH3 is 1. The first-order valence-electron chi connectivity index (χ1n) is 13.3. The van der Waals surface area contributed by atoms with E-state index in [4.69, 9.17) is 4.74 Å². The van der Waals surface area contributed by atoms with Gasteiger partial charge in [0.15, 0.2) is 0 Å². The highest BCUT2D eigenvalue weighted by atomic mass is 19.3. The molecular weight excluding hydrogens is 506 g/mol. The minimum absolute atomic E-state index is 0.0125. The molecule has 2 aliphatic rings. The van der Waals surface area contributed by atoms with E-state index in [1.54, 1.807) is 17.9 Å². The second-order valence-electron chi connectivity index (χ2n) is 10.8. The minimum Gasteiger partial charge on any atom is -0.496 e. The van der Waals surface area contributed by atoms with Gasteiger partial charge >= 0.3 is 0 Å². The number of benzene rings is 1. The number of aryl methyl sites for hydroxylation is 1. The van der Waals surface area contributed by atoms with Gasteiger partial charge in [0.05, 0.1) is 24.8 Å². The summed E-state index contributed by atoms with van der Waals surface area (Å²) in [6, 6.07) is 9.46. The summed E-state index contributed by atoms with van der Waals surface area (Å²) in [6.45, 7) is 6.71. The molecule has 208 valence electrons. The average Bonchev–Trinajstić information content (AvgIpc) is 3.44. The molecule has 1 saturated heterocycles. The third-order valence-corrected chi connectivity index (χ3v) is 8.32. The van der Waals surface area contributed by atoms with Crippen molar-refractivity contribution in [1.29, 1.82) is 0 Å². The van der Waals surface area contributed by atoms with Crippen LogP contribution >= 0.6 is 0 Å². The summed E-state index contributed by atoms with van der Waals surface area (Å²) < 4.78 is 34.3. The number of aromatic amines is 1. The number of alkyl halides is 2. The highest BCUT2D eigenvalue weighted by Crippen LogP contribution is 2.50. The summed E-state index contributed by atoms with van der Waals surface area (Å²) >= 11 is 0. The van der Waals surface area contributed by atoms with Gasteiger partial charge in [-0.25, -0.2) is 8.78 Å². The van der Waals surface area contributed by atoms with Crippen LogP contribution in [0.15, 0.2) is 35.1 Å². The summed E-state index contributed by atoms with van der Waals surface area (Å²) in [5.74, 6) is -4.09. The van der Waals surface area contributed by atoms with E-state index in [1.165, 1.54) is 7.11 Å². The number of hydrogen-bond acceptors (Lipinski definition) is 4. The van der Waals surface area contributed by atoms with Gasteiger partial charge in [-0.2, -0.15) is 0 Å². The fourth-order valence-electron chi connectivity index (χ4n) is 6.01. The normalized spacial score (nSPS) is 19.6. The van der Waals surface area contributed by atoms with Crippen molar-refractivity contribution in [3.05, 3.63) is 63.2 Å². The molecule has 2 amide bonds. The van der Waals surface area contributed by atoms with E-state index in [2.05, 4.69) is 21.8 Å². The van der Waals surface area contributed by atoms with Gasteiger partial charge in [-0.15, -0.1) is 0 Å². The van der Waals surface area contributed by atoms with Crippen LogP contribution in [0.2, 0.25) is 0 Å². The predicted molar refractivity (Wildman–Crippen MR) is 143 cm³/mol. The van der Waals surface area contributed by atoms with Crippen LogP contribution in [0.5, 0.6) is 5.75 Å². The van der Waals surface area contributed by atoms with Crippen molar-refractivity contribution < 1.29 is 23.1 Å². The Morgan fingerprint density at radius 3 is 2.51 bits per heavy atom. The monoisotopic (exact) mass is 540 g/mol. The molecule has 2 N–H and O–H groups in total. The molecule has 1 aliphatic carbocycles. The zero-order chi connectivity index (χ0) is 28.1. The van der Waals surface area contributed by atoms with Gasteiger partial charge in [-0.05, 0) is 51.7 Å². The lowest BCUT2D eigenvalue weighted by Crippen LogP contribution is -2.41. The Morgan fingerprint density at radius 1 is 1.21 bits per heavy atom. The third kappa shape index (κ3) is 4.92. The van der Waals surface area contributed by atoms with Gasteiger partial charge < -0.3 is 24.5 Å². The molecule has 0 bridgehead atoms. The molecule has 2 aromatic heterocycles. The van der Waals surface area contributed by atoms with E-state index < -0.39 is 17.7 Å². The Morgan fingerprint density at radius 2 is 1.87 bits per heavy atom. The van der Waals surface area contributed by atoms with Crippen molar-refractivity contribution in [2.45, 2.75) is 58.5 Å². The van der Waals surface area contributed by atoms with E-state index >= 15 is 0 Å². The van der Waals surface area contributed by atoms with Crippen LogP contribution in [0.4, 0.5) is 8.78 Å². The first-order valence-corrected chi connectivity index (χ1v) is 13.3. The SMILES string of the molecule is COc1cc(C)[nH]c(=O)c1CNC(=O)c1c(C)n(C(C)C2CCN(C(=O)C3CC3(F)F)CC2)c2ccccc12. The Balaban J connectivity index is 1.35. The average molecular weight is 541 g/mol. The van der Waals surface area contributed by atoms with Crippen molar-refractivity contribution in [2.75, 3.05) is 20.2 Å². The minimum atomic E-state index is -2.85. The molecule has 1 saturated carbocycles. The maximum absolute atomic E-state index is 13.5. The van der Waals surface area contributed by atoms with Gasteiger partial charge in [0.2, 0.25) is 5.91 Å². The predicted octanol–water partition coefficient (Wildman–Crippen LogP) is 4.34. The number of nitrogens with zero attached hydrogens (tertiary/aromatic N) is 2. The van der Waals surface area contributed by atoms with Crippen LogP contribution in [-0.2, 0) is 11.3 Å². The summed E-state index contributed by atoms with van der Waals surface area (Å²) in [5, 5.41) is 3.71. The van der Waals surface area contributed by atoms with Crippen LogP contribution < -0.4 is 15.6 Å². The molecular formula is C29H34F2N4O4. The Labute approximate surface area is 225 Å². The van der Waals surface area contributed by atoms with E-state index in [0.29, 0.717) is 48.5 Å². The van der Waals surface area contributed by atoms with E-state index in [0.717, 1.165) is 16.6 Å². The van der Waals surface area contributed by atoms with Crippen molar-refractivity contribution >= 4 is 22.7 Å². The third-order valence-electron chi connectivity index (χ3n) is 8.32. The molecule has 1 aromatic carbocycles. The fourth-order valence-corrected chi connectivity index (χ4v) is 6.01. The number of likely N-dealkylation sites (tertiary alicyclic amines) is 1. The number of carbonyl (C=O) groups is 2. The molecule has 39 heavy (non-hydrogen) atoms. The van der Waals surface area contributed by atoms with Gasteiger partial charge in [0.25, 0.3) is 17.4 Å². The van der Waals surface area contributed by atoms with Gasteiger partial charge in [0, 0.05) is 47.8 Å². The number of carbonyl (C=O) groups excluding carboxylic acids is 2. The number of piperidine rings is 1. The smallest absolute Gasteiger partial charge is 0.260 e. The molecule has 1 aliphatic heterocycles. The molecule has 0 spiro atoms. The second kappa shape index (κ2) is 10.1. The van der Waals surface area contributed by atoms with Crippen molar-refractivity contribution in [3.63, 3.8) is 0 Å². The number of para-hydroxylation sites is 1. The molecule has 5 rings (SSSR count). The fraction of sp³-hybridized carbons (Fsp3) is 0.483. The largest absolute Gasteiger partial charge is 0.496 e. The van der Waals surface area contributed by atoms with Gasteiger partial charge in [-0.1, -0.05) is 18.2 Å². The summed E-state index contributed by atoms with van der Waals surface area (Å²) in [7, 11) is 1.49. The molecule has 2 fully saturated rings. The highest BCUT2D eigenvalue weighted by Gasteiger charge is 2.62. The van der Waals surface area contributed by atoms with E-state index in [-0.39, 0.29) is 36.4 Å². The number of pyridine rings is 1. The maximum Gasteiger partial charge on any atom is 0.260 e. The Hall–Kier alpha value is -3.69. The lowest BCUT2D eigenvalue weighted by Gasteiger charge is -2.36. The number of rotatable bonds is 7. The topological polar surface area (TPSA) is 96.4 Å². The number of aromatic nitrogens is 2. The zero-order valence-electron chi connectivity index (χ0n) is 22.6. The standard InChI is InChI=1S/C29H34F2N4O4/c1-16-13-24(39-4)21(26(36)33-16)15-32-27(37)25-18(3)35(23-8-6-5-7-20(23)25)17(2)19-9-11-34(12-10-19)28(38)22-14-29(22,30)31/h5-8,13,17,19,22H,9-12,14-15H2,1-4H3,(H,32,37)(H,33,36). The number of H-pyrrole nitrogens is 1. The molecule has 8 nitrogen and oxygen atoms in total. The van der Waals surface area contributed by atoms with E-state index in [1.807, 2.05) is 31.2 Å². The van der Waals surface area contributed by atoms with Gasteiger partial charge in [0.1, 0.15) is 11.7 Å². The lowest BCUT2D eigenvalue weighted by atomic mass is 9.89. The Bertz CT molecular complexity index is 1490. The molecule has 3 aromatic rings. The molecule has 3 heterocycles. The van der Waals surface area contributed by atoms with Crippen molar-refractivity contribution in [3.8, 4) is 5.75 Å². The lowest BCUT2D eigenvalue weighted by molar-refractivity contribution is -0.136. The number of nitrogens with one attached hydrogen (secondary N) is 2. The van der Waals surface area contributed by atoms with E-state index in [9.17, 15) is 23.2 Å². The van der Waals surface area contributed by atoms with Crippen LogP contribution in [-0.4, -0.2) is 52.4 Å². The molecule has 2 unspecified atom stereocenters. The summed E-state index contributed by atoms with van der Waals surface area (Å²) in [4.78, 5) is 42.8. The quantitative estimate of drug-likeness (QED) is 0.466. The molecule has 0 radical (unpaired) electrons. The number of amides is 2. The van der Waals surface area contributed by atoms with Crippen LogP contribution in [0.25, 0.3) is 10.9 Å². The molecule has 2 atom stereocenters. The maximum atomic E-state index is 13.5. The summed E-state index contributed by atoms with van der Waals surface area (Å²) in [6.07, 6.45) is 1.07. The van der Waals surface area contributed by atoms with Crippen LogP contribution in [0.1, 0.15) is 59.5 Å². The number of hydrogen-bond donors (Lipinski definition) is 2. The van der Waals surface area contributed by atoms with Crippen molar-refractivity contribution in [2.24, 2.45) is 11.8 Å².